The van der Waals surface area contributed by atoms with Gasteiger partial charge in [-0.15, -0.1) is 5.73 Å². The molecule has 0 N–H and O–H groups in total. The SMILES string of the molecule is CC(=O)OCC1=C2[C@@H](OC(C)=O)CC(C)=C=CCC[C@@]3(C)O[C@@H]3[C@H]2OC1=O. The number of esters is 3. The van der Waals surface area contributed by atoms with E-state index in [1.165, 1.54) is 13.8 Å². The van der Waals surface area contributed by atoms with Crippen molar-refractivity contribution in [2.75, 3.05) is 6.61 Å². The lowest BCUT2D eigenvalue weighted by Crippen LogP contribution is -2.32. The van der Waals surface area contributed by atoms with Crippen molar-refractivity contribution < 1.29 is 33.3 Å². The summed E-state index contributed by atoms with van der Waals surface area (Å²) in [5, 5.41) is 0. The van der Waals surface area contributed by atoms with Crippen LogP contribution in [0.5, 0.6) is 0 Å². The standard InChI is InChI=1S/C20H24O7/c1-11-7-5-6-8-20(4)18(27-20)17-16(15(9-11)25-13(3)22)14(19(23)26-17)10-24-12(2)21/h5,15,17-18H,6,8-10H2,1-4H3/t7?,15-,17-,18+,20+/m0/s1. The fourth-order valence-electron chi connectivity index (χ4n) is 3.65. The van der Waals surface area contributed by atoms with Crippen LogP contribution >= 0.6 is 0 Å². The molecule has 0 aromatic heterocycles. The Hall–Kier alpha value is -2.37. The van der Waals surface area contributed by atoms with Gasteiger partial charge in [0.1, 0.15) is 18.8 Å². The van der Waals surface area contributed by atoms with Crippen molar-refractivity contribution in [3.8, 4) is 0 Å². The Labute approximate surface area is 158 Å². The first-order chi connectivity index (χ1) is 12.7. The minimum absolute atomic E-state index is 0.218. The molecule has 0 amide bonds. The van der Waals surface area contributed by atoms with Crippen molar-refractivity contribution >= 4 is 17.9 Å². The summed E-state index contributed by atoms with van der Waals surface area (Å²) in [5.41, 5.74) is 4.41. The second-order valence-corrected chi connectivity index (χ2v) is 7.36. The van der Waals surface area contributed by atoms with Crippen LogP contribution < -0.4 is 0 Å². The lowest BCUT2D eigenvalue weighted by atomic mass is 9.89. The monoisotopic (exact) mass is 376 g/mol. The Morgan fingerprint density at radius 1 is 1.33 bits per heavy atom. The molecule has 2 aliphatic heterocycles. The molecule has 7 nitrogen and oxygen atoms in total. The van der Waals surface area contributed by atoms with Gasteiger partial charge in [0.15, 0.2) is 6.10 Å². The molecule has 3 aliphatic rings. The highest BCUT2D eigenvalue weighted by atomic mass is 16.6. The number of carbonyl (C=O) groups excluding carboxylic acids is 3. The molecule has 1 aliphatic carbocycles. The second-order valence-electron chi connectivity index (χ2n) is 7.36. The molecule has 0 saturated carbocycles. The van der Waals surface area contributed by atoms with E-state index >= 15 is 0 Å². The van der Waals surface area contributed by atoms with Gasteiger partial charge in [0.25, 0.3) is 0 Å². The van der Waals surface area contributed by atoms with Crippen LogP contribution in [-0.2, 0) is 33.3 Å². The van der Waals surface area contributed by atoms with Crippen molar-refractivity contribution in [2.45, 2.75) is 70.9 Å². The zero-order valence-electron chi connectivity index (χ0n) is 16.0. The van der Waals surface area contributed by atoms with E-state index in [-0.39, 0.29) is 18.3 Å². The first-order valence-corrected chi connectivity index (χ1v) is 9.04. The molecular weight excluding hydrogens is 352 g/mol. The van der Waals surface area contributed by atoms with Gasteiger partial charge in [0.2, 0.25) is 0 Å². The first-order valence-electron chi connectivity index (χ1n) is 9.04. The van der Waals surface area contributed by atoms with Gasteiger partial charge in [-0.1, -0.05) is 0 Å². The van der Waals surface area contributed by atoms with E-state index in [1.807, 2.05) is 19.9 Å². The summed E-state index contributed by atoms with van der Waals surface area (Å²) in [5.74, 6) is -1.55. The quantitative estimate of drug-likeness (QED) is 0.322. The molecule has 0 spiro atoms. The summed E-state index contributed by atoms with van der Waals surface area (Å²) in [6.45, 7) is 6.22. The molecule has 27 heavy (non-hydrogen) atoms. The summed E-state index contributed by atoms with van der Waals surface area (Å²) >= 11 is 0. The van der Waals surface area contributed by atoms with Crippen molar-refractivity contribution in [3.05, 3.63) is 28.5 Å². The topological polar surface area (TPSA) is 91.4 Å². The summed E-state index contributed by atoms with van der Waals surface area (Å²) in [4.78, 5) is 35.5. The first kappa shape index (κ1) is 19.4. The lowest BCUT2D eigenvalue weighted by Gasteiger charge is -2.23. The van der Waals surface area contributed by atoms with Crippen molar-refractivity contribution in [1.29, 1.82) is 0 Å². The Kier molecular flexibility index (Phi) is 5.27. The van der Waals surface area contributed by atoms with E-state index in [0.29, 0.717) is 12.0 Å². The van der Waals surface area contributed by atoms with Crippen molar-refractivity contribution in [3.63, 3.8) is 0 Å². The fraction of sp³-hybridized carbons (Fsp3) is 0.600. The molecule has 4 atom stereocenters. The van der Waals surface area contributed by atoms with Gasteiger partial charge in [-0.25, -0.2) is 4.79 Å². The number of rotatable bonds is 3. The van der Waals surface area contributed by atoms with E-state index in [2.05, 4.69) is 5.73 Å². The highest BCUT2D eigenvalue weighted by Crippen LogP contribution is 2.48. The van der Waals surface area contributed by atoms with E-state index in [4.69, 9.17) is 18.9 Å². The van der Waals surface area contributed by atoms with Crippen LogP contribution in [-0.4, -0.2) is 48.4 Å². The summed E-state index contributed by atoms with van der Waals surface area (Å²) in [6, 6.07) is 0. The molecule has 146 valence electrons. The molecule has 7 heteroatoms. The van der Waals surface area contributed by atoms with Crippen LogP contribution in [0.3, 0.4) is 0 Å². The number of ether oxygens (including phenoxy) is 4. The van der Waals surface area contributed by atoms with Crippen LogP contribution in [0.2, 0.25) is 0 Å². The maximum Gasteiger partial charge on any atom is 0.338 e. The second kappa shape index (κ2) is 7.33. The van der Waals surface area contributed by atoms with E-state index in [0.717, 1.165) is 18.4 Å². The van der Waals surface area contributed by atoms with Gasteiger partial charge >= 0.3 is 17.9 Å². The minimum atomic E-state index is -0.711. The summed E-state index contributed by atoms with van der Waals surface area (Å²) < 4.78 is 22.0. The van der Waals surface area contributed by atoms with Crippen molar-refractivity contribution in [1.82, 2.24) is 0 Å². The molecular formula is C20H24O7. The minimum Gasteiger partial charge on any atom is -0.461 e. The lowest BCUT2D eigenvalue weighted by molar-refractivity contribution is -0.145. The fourth-order valence-corrected chi connectivity index (χ4v) is 3.65. The predicted octanol–water partition coefficient (Wildman–Crippen LogP) is 2.15. The molecule has 0 radical (unpaired) electrons. The highest BCUT2D eigenvalue weighted by Gasteiger charge is 2.61. The van der Waals surface area contributed by atoms with Crippen LogP contribution in [0.4, 0.5) is 0 Å². The number of hydrogen-bond donors (Lipinski definition) is 0. The number of epoxide rings is 1. The van der Waals surface area contributed by atoms with Crippen LogP contribution in [0.1, 0.15) is 47.0 Å². The van der Waals surface area contributed by atoms with Crippen LogP contribution in [0.15, 0.2) is 28.5 Å². The average Bonchev–Trinajstić information content (AvgIpc) is 3.12. The normalized spacial score (nSPS) is 32.5. The Morgan fingerprint density at radius 3 is 2.74 bits per heavy atom. The largest absolute Gasteiger partial charge is 0.461 e. The Morgan fingerprint density at radius 2 is 2.07 bits per heavy atom. The van der Waals surface area contributed by atoms with Gasteiger partial charge in [0.05, 0.1) is 11.2 Å². The number of hydrogen-bond acceptors (Lipinski definition) is 7. The third kappa shape index (κ3) is 4.15. The van der Waals surface area contributed by atoms with Gasteiger partial charge < -0.3 is 18.9 Å². The molecule has 0 aromatic rings. The highest BCUT2D eigenvalue weighted by molar-refractivity contribution is 5.93. The van der Waals surface area contributed by atoms with E-state index < -0.39 is 35.7 Å². The molecule has 1 saturated heterocycles. The van der Waals surface area contributed by atoms with Gasteiger partial charge in [-0.2, -0.15) is 0 Å². The van der Waals surface area contributed by atoms with Crippen LogP contribution in [0.25, 0.3) is 0 Å². The van der Waals surface area contributed by atoms with Gasteiger partial charge in [0, 0.05) is 25.8 Å². The molecule has 0 aromatic carbocycles. The average molecular weight is 376 g/mol. The van der Waals surface area contributed by atoms with Crippen molar-refractivity contribution in [2.24, 2.45) is 0 Å². The molecule has 2 heterocycles. The Balaban J connectivity index is 2.05. The summed E-state index contributed by atoms with van der Waals surface area (Å²) in [7, 11) is 0. The Bertz CT molecular complexity index is 771. The van der Waals surface area contributed by atoms with Crippen LogP contribution in [0, 0.1) is 0 Å². The van der Waals surface area contributed by atoms with E-state index in [1.54, 1.807) is 0 Å². The number of fused-ring (bicyclic) bond motifs is 3. The third-order valence-corrected chi connectivity index (χ3v) is 5.05. The maximum absolute atomic E-state index is 12.5. The molecule has 1 fully saturated rings. The van der Waals surface area contributed by atoms with Gasteiger partial charge in [-0.05, 0) is 38.3 Å². The smallest absolute Gasteiger partial charge is 0.338 e. The zero-order chi connectivity index (χ0) is 19.8. The zero-order valence-corrected chi connectivity index (χ0v) is 16.0. The maximum atomic E-state index is 12.5. The third-order valence-electron chi connectivity index (χ3n) is 5.05. The molecule has 0 unspecified atom stereocenters. The molecule has 0 bridgehead atoms. The molecule has 3 rings (SSSR count). The van der Waals surface area contributed by atoms with Gasteiger partial charge in [-0.3, -0.25) is 9.59 Å². The predicted molar refractivity (Wildman–Crippen MR) is 93.5 cm³/mol. The van der Waals surface area contributed by atoms with E-state index in [9.17, 15) is 14.4 Å². The summed E-state index contributed by atoms with van der Waals surface area (Å²) in [6.07, 6.45) is 2.16. The number of carbonyl (C=O) groups is 3.